The normalized spacial score (nSPS) is 26.1. The van der Waals surface area contributed by atoms with Gasteiger partial charge in [0.25, 0.3) is 5.91 Å². The SMILES string of the molecule is O=C(c1cc(C2CC2)nc2ccccc12)N(C[C@H]1CCCO1)[C@@H]1CCS(=O)(=O)C1. The van der Waals surface area contributed by atoms with Gasteiger partial charge in [-0.3, -0.25) is 9.78 Å². The van der Waals surface area contributed by atoms with Crippen molar-refractivity contribution in [3.05, 3.63) is 41.6 Å². The predicted molar refractivity (Wildman–Crippen MR) is 111 cm³/mol. The number of rotatable bonds is 5. The third-order valence-corrected chi connectivity index (χ3v) is 8.05. The molecule has 29 heavy (non-hydrogen) atoms. The van der Waals surface area contributed by atoms with E-state index in [0.717, 1.165) is 42.3 Å². The summed E-state index contributed by atoms with van der Waals surface area (Å²) in [5, 5.41) is 0.833. The molecule has 2 saturated heterocycles. The molecule has 6 nitrogen and oxygen atoms in total. The number of hydrogen-bond acceptors (Lipinski definition) is 5. The second-order valence-corrected chi connectivity index (χ2v) is 10.8. The maximum Gasteiger partial charge on any atom is 0.254 e. The highest BCUT2D eigenvalue weighted by atomic mass is 32.2. The first-order valence-electron chi connectivity index (χ1n) is 10.5. The number of carbonyl (C=O) groups is 1. The fourth-order valence-electron chi connectivity index (χ4n) is 4.54. The van der Waals surface area contributed by atoms with E-state index in [0.29, 0.717) is 31.1 Å². The van der Waals surface area contributed by atoms with Crippen LogP contribution in [-0.2, 0) is 14.6 Å². The molecule has 3 aliphatic rings. The van der Waals surface area contributed by atoms with Crippen molar-refractivity contribution in [3.8, 4) is 0 Å². The van der Waals surface area contributed by atoms with Gasteiger partial charge < -0.3 is 9.64 Å². The van der Waals surface area contributed by atoms with Crippen molar-refractivity contribution in [1.82, 2.24) is 9.88 Å². The van der Waals surface area contributed by atoms with Gasteiger partial charge in [-0.1, -0.05) is 18.2 Å². The Morgan fingerprint density at radius 3 is 2.69 bits per heavy atom. The number of aromatic nitrogens is 1. The van der Waals surface area contributed by atoms with E-state index < -0.39 is 9.84 Å². The molecule has 1 aromatic heterocycles. The van der Waals surface area contributed by atoms with Crippen LogP contribution in [-0.4, -0.2) is 61.0 Å². The van der Waals surface area contributed by atoms with Gasteiger partial charge in [0.15, 0.2) is 9.84 Å². The molecule has 0 spiro atoms. The monoisotopic (exact) mass is 414 g/mol. The van der Waals surface area contributed by atoms with Crippen LogP contribution < -0.4 is 0 Å². The van der Waals surface area contributed by atoms with Crippen LogP contribution in [0.15, 0.2) is 30.3 Å². The summed E-state index contributed by atoms with van der Waals surface area (Å²) in [6.45, 7) is 1.16. The molecule has 2 aliphatic heterocycles. The number of carbonyl (C=O) groups excluding carboxylic acids is 1. The Labute approximate surface area is 171 Å². The van der Waals surface area contributed by atoms with E-state index in [4.69, 9.17) is 9.72 Å². The van der Waals surface area contributed by atoms with E-state index in [1.165, 1.54) is 0 Å². The summed E-state index contributed by atoms with van der Waals surface area (Å²) in [5.74, 6) is 0.536. The van der Waals surface area contributed by atoms with Crippen LogP contribution in [0.5, 0.6) is 0 Å². The van der Waals surface area contributed by atoms with E-state index in [9.17, 15) is 13.2 Å². The summed E-state index contributed by atoms with van der Waals surface area (Å²) in [7, 11) is -3.09. The molecule has 5 rings (SSSR count). The second kappa shape index (κ2) is 7.36. The summed E-state index contributed by atoms with van der Waals surface area (Å²) in [5.41, 5.74) is 2.44. The van der Waals surface area contributed by atoms with Crippen LogP contribution >= 0.6 is 0 Å². The topological polar surface area (TPSA) is 76.6 Å². The first kappa shape index (κ1) is 19.0. The van der Waals surface area contributed by atoms with Crippen LogP contribution in [0.2, 0.25) is 0 Å². The van der Waals surface area contributed by atoms with Crippen LogP contribution in [0, 0.1) is 0 Å². The summed E-state index contributed by atoms with van der Waals surface area (Å²) in [4.78, 5) is 20.3. The summed E-state index contributed by atoms with van der Waals surface area (Å²) >= 11 is 0. The number of para-hydroxylation sites is 1. The lowest BCUT2D eigenvalue weighted by Gasteiger charge is -2.31. The van der Waals surface area contributed by atoms with Gasteiger partial charge >= 0.3 is 0 Å². The summed E-state index contributed by atoms with van der Waals surface area (Å²) in [6, 6.07) is 9.39. The third kappa shape index (κ3) is 3.90. The number of sulfone groups is 1. The van der Waals surface area contributed by atoms with Gasteiger partial charge in [0.05, 0.1) is 28.7 Å². The highest BCUT2D eigenvalue weighted by Gasteiger charge is 2.37. The molecular weight excluding hydrogens is 388 g/mol. The van der Waals surface area contributed by atoms with Crippen molar-refractivity contribution in [1.29, 1.82) is 0 Å². The van der Waals surface area contributed by atoms with Crippen molar-refractivity contribution in [2.24, 2.45) is 0 Å². The Balaban J connectivity index is 1.54. The minimum absolute atomic E-state index is 0.0155. The smallest absolute Gasteiger partial charge is 0.254 e. The van der Waals surface area contributed by atoms with Gasteiger partial charge in [-0.25, -0.2) is 8.42 Å². The van der Waals surface area contributed by atoms with Crippen molar-refractivity contribution >= 4 is 26.6 Å². The van der Waals surface area contributed by atoms with Crippen molar-refractivity contribution in [3.63, 3.8) is 0 Å². The predicted octanol–water partition coefficient (Wildman–Crippen LogP) is 2.92. The molecular formula is C22H26N2O4S. The molecule has 3 fully saturated rings. The van der Waals surface area contributed by atoms with Gasteiger partial charge in [-0.15, -0.1) is 0 Å². The number of benzene rings is 1. The van der Waals surface area contributed by atoms with Crippen LogP contribution in [0.1, 0.15) is 54.1 Å². The fraction of sp³-hybridized carbons (Fsp3) is 0.545. The number of ether oxygens (including phenoxy) is 1. The van der Waals surface area contributed by atoms with Crippen molar-refractivity contribution in [2.45, 2.75) is 50.2 Å². The van der Waals surface area contributed by atoms with Gasteiger partial charge in [0.1, 0.15) is 0 Å². The zero-order chi connectivity index (χ0) is 20.0. The number of amides is 1. The third-order valence-electron chi connectivity index (χ3n) is 6.30. The van der Waals surface area contributed by atoms with E-state index in [1.807, 2.05) is 30.3 Å². The average molecular weight is 415 g/mol. The van der Waals surface area contributed by atoms with Crippen molar-refractivity contribution < 1.29 is 17.9 Å². The molecule has 0 unspecified atom stereocenters. The molecule has 1 saturated carbocycles. The largest absolute Gasteiger partial charge is 0.376 e. The summed E-state index contributed by atoms with van der Waals surface area (Å²) in [6.07, 6.45) is 4.60. The minimum Gasteiger partial charge on any atom is -0.376 e. The molecule has 0 bridgehead atoms. The Morgan fingerprint density at radius 2 is 2.00 bits per heavy atom. The Bertz CT molecular complexity index is 1040. The van der Waals surface area contributed by atoms with E-state index in [2.05, 4.69) is 0 Å². The maximum atomic E-state index is 13.8. The van der Waals surface area contributed by atoms with Gasteiger partial charge in [0, 0.05) is 36.2 Å². The molecule has 3 heterocycles. The molecule has 7 heteroatoms. The molecule has 1 amide bonds. The van der Waals surface area contributed by atoms with Gasteiger partial charge in [0.2, 0.25) is 0 Å². The molecule has 2 aromatic rings. The Kier molecular flexibility index (Phi) is 4.82. The van der Waals surface area contributed by atoms with Gasteiger partial charge in [-0.05, 0) is 44.2 Å². The average Bonchev–Trinajstić information content (AvgIpc) is 3.32. The van der Waals surface area contributed by atoms with E-state index in [1.54, 1.807) is 4.90 Å². The van der Waals surface area contributed by atoms with Crippen molar-refractivity contribution in [2.75, 3.05) is 24.7 Å². The molecule has 0 radical (unpaired) electrons. The quantitative estimate of drug-likeness (QED) is 0.752. The molecule has 154 valence electrons. The summed E-state index contributed by atoms with van der Waals surface area (Å²) < 4.78 is 30.0. The molecule has 1 aromatic carbocycles. The maximum absolute atomic E-state index is 13.8. The Morgan fingerprint density at radius 1 is 1.17 bits per heavy atom. The second-order valence-electron chi connectivity index (χ2n) is 8.54. The van der Waals surface area contributed by atoms with E-state index in [-0.39, 0.29) is 29.6 Å². The zero-order valence-electron chi connectivity index (χ0n) is 16.4. The lowest BCUT2D eigenvalue weighted by molar-refractivity contribution is 0.0442. The lowest BCUT2D eigenvalue weighted by Crippen LogP contribution is -2.45. The highest BCUT2D eigenvalue weighted by molar-refractivity contribution is 7.91. The number of nitrogens with zero attached hydrogens (tertiary/aromatic N) is 2. The molecule has 2 atom stereocenters. The molecule has 0 N–H and O–H groups in total. The van der Waals surface area contributed by atoms with Crippen LogP contribution in [0.25, 0.3) is 10.9 Å². The van der Waals surface area contributed by atoms with Gasteiger partial charge in [-0.2, -0.15) is 0 Å². The number of hydrogen-bond donors (Lipinski definition) is 0. The molecule has 1 aliphatic carbocycles. The van der Waals surface area contributed by atoms with Crippen LogP contribution in [0.4, 0.5) is 0 Å². The zero-order valence-corrected chi connectivity index (χ0v) is 17.2. The first-order valence-corrected chi connectivity index (χ1v) is 12.3. The fourth-order valence-corrected chi connectivity index (χ4v) is 6.27. The number of pyridine rings is 1. The first-order chi connectivity index (χ1) is 14.0. The minimum atomic E-state index is -3.09. The lowest BCUT2D eigenvalue weighted by atomic mass is 10.0. The number of fused-ring (bicyclic) bond motifs is 1. The van der Waals surface area contributed by atoms with E-state index >= 15 is 0 Å². The standard InChI is InChI=1S/C22H26N2O4S/c25-22(19-12-21(15-7-8-15)23-20-6-2-1-5-18(19)20)24(13-17-4-3-10-28-17)16-9-11-29(26,27)14-16/h1-2,5-6,12,15-17H,3-4,7-11,13-14H2/t16-,17-/m1/s1. The Hall–Kier alpha value is -1.99. The highest BCUT2D eigenvalue weighted by Crippen LogP contribution is 2.40. The van der Waals surface area contributed by atoms with Crippen LogP contribution in [0.3, 0.4) is 0 Å².